The molecule has 0 bridgehead atoms. The highest BCUT2D eigenvalue weighted by atomic mass is 79.9. The Morgan fingerprint density at radius 2 is 2.25 bits per heavy atom. The number of rotatable bonds is 5. The van der Waals surface area contributed by atoms with Crippen molar-refractivity contribution in [3.05, 3.63) is 28.2 Å². The van der Waals surface area contributed by atoms with Crippen molar-refractivity contribution in [2.45, 2.75) is 19.4 Å². The summed E-state index contributed by atoms with van der Waals surface area (Å²) < 4.78 is 29.7. The summed E-state index contributed by atoms with van der Waals surface area (Å²) in [7, 11) is -0.987. The minimum Gasteiger partial charge on any atom is -0.493 e. The first-order valence-electron chi connectivity index (χ1n) is 6.76. The van der Waals surface area contributed by atoms with E-state index in [1.54, 1.807) is 0 Å². The van der Waals surface area contributed by atoms with Crippen molar-refractivity contribution < 1.29 is 13.2 Å². The molecular formula is C14H20BrNO3S. The van der Waals surface area contributed by atoms with Crippen molar-refractivity contribution in [2.75, 3.05) is 25.2 Å². The smallest absolute Gasteiger partial charge is 0.150 e. The number of halogens is 1. The van der Waals surface area contributed by atoms with E-state index in [0.29, 0.717) is 12.4 Å². The van der Waals surface area contributed by atoms with Crippen LogP contribution in [0.2, 0.25) is 0 Å². The molecular weight excluding hydrogens is 342 g/mol. The molecule has 1 aliphatic rings. The molecule has 1 N–H and O–H groups in total. The zero-order valence-electron chi connectivity index (χ0n) is 11.7. The minimum absolute atomic E-state index is 0.0549. The Balaban J connectivity index is 2.22. The molecule has 1 aliphatic heterocycles. The van der Waals surface area contributed by atoms with E-state index < -0.39 is 9.84 Å². The van der Waals surface area contributed by atoms with E-state index in [0.717, 1.165) is 22.2 Å². The second kappa shape index (κ2) is 6.45. The van der Waals surface area contributed by atoms with Gasteiger partial charge < -0.3 is 10.1 Å². The highest BCUT2D eigenvalue weighted by Crippen LogP contribution is 2.34. The van der Waals surface area contributed by atoms with Crippen molar-refractivity contribution in [3.63, 3.8) is 0 Å². The standard InChI is InChI=1S/C14H20BrNO3S/c1-3-19-13-5-4-10(8-12(13)15)14(16-2)11-6-7-20(17,18)9-11/h4-5,8,11,14,16H,3,6-7,9H2,1-2H3. The van der Waals surface area contributed by atoms with Gasteiger partial charge in [-0.05, 0) is 59.9 Å². The predicted molar refractivity (Wildman–Crippen MR) is 83.9 cm³/mol. The van der Waals surface area contributed by atoms with Gasteiger partial charge in [-0.25, -0.2) is 8.42 Å². The maximum Gasteiger partial charge on any atom is 0.150 e. The lowest BCUT2D eigenvalue weighted by atomic mass is 9.92. The molecule has 0 radical (unpaired) electrons. The Hall–Kier alpha value is -0.590. The van der Waals surface area contributed by atoms with Gasteiger partial charge in [0.2, 0.25) is 0 Å². The monoisotopic (exact) mass is 361 g/mol. The van der Waals surface area contributed by atoms with Crippen LogP contribution >= 0.6 is 15.9 Å². The summed E-state index contributed by atoms with van der Waals surface area (Å²) in [5.41, 5.74) is 1.09. The zero-order valence-corrected chi connectivity index (χ0v) is 14.1. The first-order valence-corrected chi connectivity index (χ1v) is 9.38. The predicted octanol–water partition coefficient (Wildman–Crippen LogP) is 2.54. The van der Waals surface area contributed by atoms with Crippen molar-refractivity contribution in [3.8, 4) is 5.75 Å². The van der Waals surface area contributed by atoms with Gasteiger partial charge in [0.25, 0.3) is 0 Å². The Bertz CT molecular complexity index is 574. The molecule has 2 atom stereocenters. The van der Waals surface area contributed by atoms with Crippen LogP contribution in [0, 0.1) is 5.92 Å². The van der Waals surface area contributed by atoms with Gasteiger partial charge in [-0.1, -0.05) is 6.07 Å². The molecule has 1 heterocycles. The summed E-state index contributed by atoms with van der Waals surface area (Å²) in [5.74, 6) is 1.51. The SMILES string of the molecule is CCOc1ccc(C(NC)C2CCS(=O)(=O)C2)cc1Br. The third-order valence-corrected chi connectivity index (χ3v) is 6.08. The molecule has 20 heavy (non-hydrogen) atoms. The van der Waals surface area contributed by atoms with Crippen molar-refractivity contribution in [1.82, 2.24) is 5.32 Å². The Labute approximate surface area is 129 Å². The van der Waals surface area contributed by atoms with E-state index in [-0.39, 0.29) is 17.7 Å². The first-order chi connectivity index (χ1) is 9.46. The highest BCUT2D eigenvalue weighted by Gasteiger charge is 2.33. The molecule has 1 aromatic rings. The lowest BCUT2D eigenvalue weighted by molar-refractivity contribution is 0.337. The number of benzene rings is 1. The van der Waals surface area contributed by atoms with Crippen LogP contribution < -0.4 is 10.1 Å². The van der Waals surface area contributed by atoms with Crippen LogP contribution in [-0.2, 0) is 9.84 Å². The van der Waals surface area contributed by atoms with Gasteiger partial charge in [-0.15, -0.1) is 0 Å². The minimum atomic E-state index is -2.86. The molecule has 0 aliphatic carbocycles. The fourth-order valence-electron chi connectivity index (χ4n) is 2.74. The Kier molecular flexibility index (Phi) is 5.09. The molecule has 0 saturated carbocycles. The van der Waals surface area contributed by atoms with E-state index in [2.05, 4.69) is 21.2 Å². The average molecular weight is 362 g/mol. The summed E-state index contributed by atoms with van der Waals surface area (Å²) >= 11 is 3.51. The van der Waals surface area contributed by atoms with Gasteiger partial charge in [0, 0.05) is 6.04 Å². The molecule has 0 spiro atoms. The Morgan fingerprint density at radius 1 is 1.50 bits per heavy atom. The molecule has 1 saturated heterocycles. The second-order valence-corrected chi connectivity index (χ2v) is 8.14. The topological polar surface area (TPSA) is 55.4 Å². The van der Waals surface area contributed by atoms with Gasteiger partial charge >= 0.3 is 0 Å². The number of hydrogen-bond acceptors (Lipinski definition) is 4. The third-order valence-electron chi connectivity index (χ3n) is 3.66. The van der Waals surface area contributed by atoms with Gasteiger partial charge in [-0.3, -0.25) is 0 Å². The molecule has 112 valence electrons. The van der Waals surface area contributed by atoms with E-state index in [1.807, 2.05) is 32.2 Å². The number of hydrogen-bond donors (Lipinski definition) is 1. The van der Waals surface area contributed by atoms with Crippen LogP contribution in [0.4, 0.5) is 0 Å². The van der Waals surface area contributed by atoms with E-state index in [1.165, 1.54) is 0 Å². The molecule has 2 rings (SSSR count). The van der Waals surface area contributed by atoms with Gasteiger partial charge in [0.15, 0.2) is 9.84 Å². The Morgan fingerprint density at radius 3 is 2.75 bits per heavy atom. The number of nitrogens with one attached hydrogen (secondary N) is 1. The maximum atomic E-state index is 11.6. The zero-order chi connectivity index (χ0) is 14.8. The molecule has 4 nitrogen and oxygen atoms in total. The van der Waals surface area contributed by atoms with Crippen LogP contribution in [0.5, 0.6) is 5.75 Å². The van der Waals surface area contributed by atoms with Gasteiger partial charge in [-0.2, -0.15) is 0 Å². The summed E-state index contributed by atoms with van der Waals surface area (Å²) in [6, 6.07) is 6.00. The molecule has 6 heteroatoms. The van der Waals surface area contributed by atoms with Gasteiger partial charge in [0.1, 0.15) is 5.75 Å². The number of ether oxygens (including phenoxy) is 1. The van der Waals surface area contributed by atoms with Crippen molar-refractivity contribution in [2.24, 2.45) is 5.92 Å². The van der Waals surface area contributed by atoms with Crippen LogP contribution in [0.25, 0.3) is 0 Å². The summed E-state index contributed by atoms with van der Waals surface area (Å²) in [4.78, 5) is 0. The third kappa shape index (κ3) is 3.54. The molecule has 1 aromatic carbocycles. The van der Waals surface area contributed by atoms with Crippen LogP contribution in [-0.4, -0.2) is 33.6 Å². The van der Waals surface area contributed by atoms with E-state index in [4.69, 9.17) is 4.74 Å². The summed E-state index contributed by atoms with van der Waals surface area (Å²) in [6.07, 6.45) is 0.721. The van der Waals surface area contributed by atoms with Gasteiger partial charge in [0.05, 0.1) is 22.6 Å². The van der Waals surface area contributed by atoms with Crippen LogP contribution in [0.3, 0.4) is 0 Å². The maximum absolute atomic E-state index is 11.6. The molecule has 1 fully saturated rings. The molecule has 0 amide bonds. The molecule has 2 unspecified atom stereocenters. The van der Waals surface area contributed by atoms with Crippen LogP contribution in [0.15, 0.2) is 22.7 Å². The summed E-state index contributed by atoms with van der Waals surface area (Å²) in [6.45, 7) is 2.56. The fraction of sp³-hybridized carbons (Fsp3) is 0.571. The van der Waals surface area contributed by atoms with Crippen molar-refractivity contribution in [1.29, 1.82) is 0 Å². The van der Waals surface area contributed by atoms with Crippen molar-refractivity contribution >= 4 is 25.8 Å². The second-order valence-electron chi connectivity index (χ2n) is 5.05. The average Bonchev–Trinajstić information content (AvgIpc) is 2.74. The lowest BCUT2D eigenvalue weighted by Gasteiger charge is -2.23. The van der Waals surface area contributed by atoms with E-state index in [9.17, 15) is 8.42 Å². The largest absolute Gasteiger partial charge is 0.493 e. The quantitative estimate of drug-likeness (QED) is 0.875. The fourth-order valence-corrected chi connectivity index (χ4v) is 5.10. The number of sulfone groups is 1. The highest BCUT2D eigenvalue weighted by molar-refractivity contribution is 9.10. The van der Waals surface area contributed by atoms with Crippen LogP contribution in [0.1, 0.15) is 24.9 Å². The molecule has 0 aromatic heterocycles. The first kappa shape index (κ1) is 15.8. The normalized spacial score (nSPS) is 22.6. The lowest BCUT2D eigenvalue weighted by Crippen LogP contribution is -2.26. The summed E-state index contributed by atoms with van der Waals surface area (Å²) in [5, 5.41) is 3.25. The van der Waals surface area contributed by atoms with E-state index >= 15 is 0 Å².